The van der Waals surface area contributed by atoms with Gasteiger partial charge in [0.2, 0.25) is 0 Å². The minimum Gasteiger partial charge on any atom is -0.264 e. The zero-order valence-electron chi connectivity index (χ0n) is 22.5. The minimum atomic E-state index is 0.853. The summed E-state index contributed by atoms with van der Waals surface area (Å²) in [6.45, 7) is 0. The van der Waals surface area contributed by atoms with Crippen LogP contribution in [0, 0.1) is 0 Å². The van der Waals surface area contributed by atoms with Crippen LogP contribution in [-0.4, -0.2) is 29.9 Å². The van der Waals surface area contributed by atoms with Gasteiger partial charge in [-0.25, -0.2) is 9.97 Å². The highest BCUT2D eigenvalue weighted by molar-refractivity contribution is 5.81. The van der Waals surface area contributed by atoms with Gasteiger partial charge < -0.3 is 0 Å². The molecule has 0 spiro atoms. The molecule has 42 heavy (non-hydrogen) atoms. The molecule has 1 aromatic carbocycles. The summed E-state index contributed by atoms with van der Waals surface area (Å²) in [4.78, 5) is 27.2. The Morgan fingerprint density at radius 2 is 0.595 bits per heavy atom. The number of nitrogens with zero attached hydrogens (tertiary/aromatic N) is 6. The molecule has 0 unspecified atom stereocenters. The number of aromatic nitrogens is 6. The van der Waals surface area contributed by atoms with Crippen molar-refractivity contribution >= 4 is 0 Å². The van der Waals surface area contributed by atoms with E-state index in [2.05, 4.69) is 68.5 Å². The van der Waals surface area contributed by atoms with Crippen molar-refractivity contribution in [1.29, 1.82) is 0 Å². The molecule has 0 bridgehead atoms. The third-order valence-corrected chi connectivity index (χ3v) is 7.01. The van der Waals surface area contributed by atoms with E-state index in [1.54, 1.807) is 24.8 Å². The number of benzene rings is 1. The second-order valence-corrected chi connectivity index (χ2v) is 9.80. The van der Waals surface area contributed by atoms with Gasteiger partial charge in [0.25, 0.3) is 0 Å². The summed E-state index contributed by atoms with van der Waals surface area (Å²) >= 11 is 0. The van der Waals surface area contributed by atoms with Crippen LogP contribution in [0.4, 0.5) is 0 Å². The highest BCUT2D eigenvalue weighted by Crippen LogP contribution is 2.34. The summed E-state index contributed by atoms with van der Waals surface area (Å²) in [5, 5.41) is 0. The van der Waals surface area contributed by atoms with E-state index in [-0.39, 0.29) is 0 Å². The van der Waals surface area contributed by atoms with Gasteiger partial charge in [-0.2, -0.15) is 0 Å². The Labute approximate surface area is 243 Å². The molecule has 6 aromatic heterocycles. The largest absolute Gasteiger partial charge is 0.264 e. The zero-order chi connectivity index (χ0) is 28.1. The second-order valence-electron chi connectivity index (χ2n) is 9.80. The van der Waals surface area contributed by atoms with Gasteiger partial charge in [-0.3, -0.25) is 19.9 Å². The predicted octanol–water partition coefficient (Wildman–Crippen LogP) is 8.06. The average molecular weight is 541 g/mol. The van der Waals surface area contributed by atoms with E-state index >= 15 is 0 Å². The summed E-state index contributed by atoms with van der Waals surface area (Å²) in [6, 6.07) is 32.8. The standard InChI is InChI=1S/C36H24N6/c1-6-25(31-17-33(27-8-2-12-37-21-27)41-34(18-31)28-9-3-13-38-22-28)16-26(7-1)32-19-35(29-10-4-14-39-23-29)42-36(20-32)30-11-5-15-40-24-30/h1-24H. The lowest BCUT2D eigenvalue weighted by atomic mass is 9.96. The van der Waals surface area contributed by atoms with Crippen LogP contribution in [0.1, 0.15) is 0 Å². The van der Waals surface area contributed by atoms with Crippen LogP contribution in [0.25, 0.3) is 67.3 Å². The van der Waals surface area contributed by atoms with E-state index in [0.717, 1.165) is 67.3 Å². The Morgan fingerprint density at radius 3 is 0.881 bits per heavy atom. The Balaban J connectivity index is 1.37. The first-order valence-corrected chi connectivity index (χ1v) is 13.6. The van der Waals surface area contributed by atoms with Gasteiger partial charge in [0.1, 0.15) is 0 Å². The lowest BCUT2D eigenvalue weighted by molar-refractivity contribution is 1.26. The Morgan fingerprint density at radius 1 is 0.286 bits per heavy atom. The highest BCUT2D eigenvalue weighted by Gasteiger charge is 2.13. The van der Waals surface area contributed by atoms with Crippen molar-refractivity contribution in [3.05, 3.63) is 147 Å². The van der Waals surface area contributed by atoms with Crippen molar-refractivity contribution < 1.29 is 0 Å². The molecule has 0 fully saturated rings. The first kappa shape index (κ1) is 25.1. The minimum absolute atomic E-state index is 0.853. The summed E-state index contributed by atoms with van der Waals surface area (Å²) in [7, 11) is 0. The molecule has 198 valence electrons. The summed E-state index contributed by atoms with van der Waals surface area (Å²) in [5.41, 5.74) is 11.5. The molecule has 6 heteroatoms. The Bertz CT molecular complexity index is 1710. The second kappa shape index (κ2) is 11.3. The van der Waals surface area contributed by atoms with E-state index in [0.29, 0.717) is 0 Å². The van der Waals surface area contributed by atoms with Crippen LogP contribution in [0.5, 0.6) is 0 Å². The molecule has 0 atom stereocenters. The van der Waals surface area contributed by atoms with Gasteiger partial charge in [-0.1, -0.05) is 18.2 Å². The lowest BCUT2D eigenvalue weighted by Crippen LogP contribution is -1.93. The van der Waals surface area contributed by atoms with Crippen LogP contribution in [0.2, 0.25) is 0 Å². The zero-order valence-corrected chi connectivity index (χ0v) is 22.5. The molecule has 0 N–H and O–H groups in total. The smallest absolute Gasteiger partial charge is 0.0731 e. The third kappa shape index (κ3) is 5.29. The number of hydrogen-bond donors (Lipinski definition) is 0. The van der Waals surface area contributed by atoms with E-state index in [9.17, 15) is 0 Å². The van der Waals surface area contributed by atoms with Crippen molar-refractivity contribution in [3.8, 4) is 67.3 Å². The molecule has 0 saturated heterocycles. The van der Waals surface area contributed by atoms with Crippen molar-refractivity contribution in [2.24, 2.45) is 0 Å². The molecule has 7 aromatic rings. The molecule has 0 aliphatic carbocycles. The molecule has 0 aliphatic heterocycles. The Kier molecular flexibility index (Phi) is 6.76. The maximum atomic E-state index is 4.97. The molecule has 6 heterocycles. The predicted molar refractivity (Wildman–Crippen MR) is 166 cm³/mol. The normalized spacial score (nSPS) is 10.9. The van der Waals surface area contributed by atoms with Crippen LogP contribution in [-0.2, 0) is 0 Å². The number of pyridine rings is 6. The topological polar surface area (TPSA) is 77.3 Å². The SMILES string of the molecule is c1cc(-c2cc(-c3cccnc3)nc(-c3cccnc3)c2)cc(-c2cc(-c3cccnc3)nc(-c3cccnc3)c2)c1. The lowest BCUT2D eigenvalue weighted by Gasteiger charge is -2.13. The maximum Gasteiger partial charge on any atom is 0.0731 e. The van der Waals surface area contributed by atoms with Gasteiger partial charge in [0, 0.05) is 71.8 Å². The summed E-state index contributed by atoms with van der Waals surface area (Å²) in [6.07, 6.45) is 14.4. The van der Waals surface area contributed by atoms with E-state index in [1.165, 1.54) is 0 Å². The van der Waals surface area contributed by atoms with Crippen molar-refractivity contribution in [1.82, 2.24) is 29.9 Å². The monoisotopic (exact) mass is 540 g/mol. The van der Waals surface area contributed by atoms with E-state index < -0.39 is 0 Å². The van der Waals surface area contributed by atoms with Crippen molar-refractivity contribution in [2.45, 2.75) is 0 Å². The van der Waals surface area contributed by atoms with Crippen LogP contribution in [0.15, 0.2) is 147 Å². The van der Waals surface area contributed by atoms with Crippen LogP contribution in [0.3, 0.4) is 0 Å². The Hall–Kier alpha value is -5.88. The maximum absolute atomic E-state index is 4.97. The molecule has 0 aliphatic rings. The summed E-state index contributed by atoms with van der Waals surface area (Å²) < 4.78 is 0. The van der Waals surface area contributed by atoms with Gasteiger partial charge in [-0.05, 0) is 101 Å². The molecular formula is C36H24N6. The quantitative estimate of drug-likeness (QED) is 0.212. The molecule has 0 amide bonds. The highest BCUT2D eigenvalue weighted by atomic mass is 14.7. The fourth-order valence-electron chi connectivity index (χ4n) is 4.92. The van der Waals surface area contributed by atoms with E-state index in [1.807, 2.05) is 73.3 Å². The van der Waals surface area contributed by atoms with Crippen molar-refractivity contribution in [3.63, 3.8) is 0 Å². The van der Waals surface area contributed by atoms with Gasteiger partial charge in [0.15, 0.2) is 0 Å². The fourth-order valence-corrected chi connectivity index (χ4v) is 4.92. The number of rotatable bonds is 6. The molecule has 0 saturated carbocycles. The van der Waals surface area contributed by atoms with Gasteiger partial charge in [-0.15, -0.1) is 0 Å². The van der Waals surface area contributed by atoms with Crippen LogP contribution < -0.4 is 0 Å². The van der Waals surface area contributed by atoms with Crippen molar-refractivity contribution in [2.75, 3.05) is 0 Å². The van der Waals surface area contributed by atoms with Gasteiger partial charge >= 0.3 is 0 Å². The average Bonchev–Trinajstić information content (AvgIpc) is 3.09. The third-order valence-electron chi connectivity index (χ3n) is 7.01. The number of hydrogen-bond acceptors (Lipinski definition) is 6. The van der Waals surface area contributed by atoms with Gasteiger partial charge in [0.05, 0.1) is 22.8 Å². The molecular weight excluding hydrogens is 516 g/mol. The molecule has 6 nitrogen and oxygen atoms in total. The van der Waals surface area contributed by atoms with E-state index in [4.69, 9.17) is 9.97 Å². The first-order chi connectivity index (χ1) is 20.8. The fraction of sp³-hybridized carbons (Fsp3) is 0. The molecule has 0 radical (unpaired) electrons. The molecule has 7 rings (SSSR count). The first-order valence-electron chi connectivity index (χ1n) is 13.6. The summed E-state index contributed by atoms with van der Waals surface area (Å²) in [5.74, 6) is 0. The van der Waals surface area contributed by atoms with Crippen LogP contribution >= 0.6 is 0 Å².